The van der Waals surface area contributed by atoms with Crippen LogP contribution in [0.1, 0.15) is 48.9 Å². The van der Waals surface area contributed by atoms with Crippen molar-refractivity contribution < 1.29 is 14.4 Å². The molecule has 0 aliphatic rings. The zero-order valence-corrected chi connectivity index (χ0v) is 27.7. The first-order valence-electron chi connectivity index (χ1n) is 14.4. The van der Waals surface area contributed by atoms with Crippen molar-refractivity contribution in [2.24, 2.45) is 5.10 Å². The lowest BCUT2D eigenvalue weighted by Gasteiger charge is -2.18. The number of ether oxygens (including phenoxy) is 2. The average Bonchev–Trinajstić information content (AvgIpc) is 3.00. The lowest BCUT2D eigenvalue weighted by Crippen LogP contribution is -2.21. The molecule has 236 valence electrons. The second kappa shape index (κ2) is 13.9. The zero-order chi connectivity index (χ0) is 33.1. The first kappa shape index (κ1) is 32.9. The van der Waals surface area contributed by atoms with Gasteiger partial charge in [0.1, 0.15) is 12.4 Å². The number of fused-ring (bicyclic) bond motifs is 1. The van der Waals surface area contributed by atoms with Crippen LogP contribution in [-0.2, 0) is 6.61 Å². The molecule has 12 heteroatoms. The van der Waals surface area contributed by atoms with E-state index in [4.69, 9.17) is 49.3 Å². The number of hydrogen-bond donors (Lipinski definition) is 0. The predicted molar refractivity (Wildman–Crippen MR) is 183 cm³/mol. The van der Waals surface area contributed by atoms with Gasteiger partial charge in [0.2, 0.25) is 5.75 Å². The molecule has 0 radical (unpaired) electrons. The van der Waals surface area contributed by atoms with Crippen LogP contribution in [0.4, 0.5) is 5.69 Å². The number of aryl methyl sites for hydroxylation is 1. The maximum absolute atomic E-state index is 13.9. The van der Waals surface area contributed by atoms with E-state index in [1.54, 1.807) is 42.5 Å². The largest absolute Gasteiger partial charge is 0.494 e. The van der Waals surface area contributed by atoms with Crippen molar-refractivity contribution in [1.29, 1.82) is 0 Å². The molecule has 0 saturated heterocycles. The Morgan fingerprint density at radius 2 is 1.78 bits per heavy atom. The third-order valence-corrected chi connectivity index (χ3v) is 8.04. The molecule has 1 heterocycles. The number of rotatable bonds is 10. The summed E-state index contributed by atoms with van der Waals surface area (Å²) in [5, 5.41) is 17.8. The Labute approximate surface area is 280 Å². The average molecular weight is 680 g/mol. The van der Waals surface area contributed by atoms with Gasteiger partial charge in [-0.05, 0) is 73.4 Å². The van der Waals surface area contributed by atoms with Gasteiger partial charge >= 0.3 is 5.69 Å². The van der Waals surface area contributed by atoms with Gasteiger partial charge < -0.3 is 9.47 Å². The van der Waals surface area contributed by atoms with Crippen molar-refractivity contribution in [3.63, 3.8) is 0 Å². The number of para-hydroxylation sites is 1. The molecule has 0 bridgehead atoms. The van der Waals surface area contributed by atoms with Gasteiger partial charge in [0, 0.05) is 37.8 Å². The van der Waals surface area contributed by atoms with Crippen molar-refractivity contribution in [3.8, 4) is 22.9 Å². The molecule has 0 aliphatic carbocycles. The number of benzene rings is 4. The van der Waals surface area contributed by atoms with E-state index in [9.17, 15) is 14.9 Å². The highest BCUT2D eigenvalue weighted by Gasteiger charge is 2.23. The first-order valence-corrected chi connectivity index (χ1v) is 15.5. The third kappa shape index (κ3) is 6.87. The standard InChI is InChI=1S/C34H29Cl3N4O5/c1-5-45-31-12-20(4)27(16-26(31)19(2)3)33-39-29-9-7-6-8-25(29)34(42)40(33)38-17-22-13-24(36)15-30(41(43)44)32(22)46-18-21-10-11-23(35)14-28(21)37/h6-17,19H,5,18H2,1-4H3. The van der Waals surface area contributed by atoms with Crippen LogP contribution in [0.15, 0.2) is 76.6 Å². The molecule has 1 aromatic heterocycles. The minimum absolute atomic E-state index is 0.0816. The second-order valence-electron chi connectivity index (χ2n) is 10.7. The molecule has 0 aliphatic heterocycles. The van der Waals surface area contributed by atoms with Crippen molar-refractivity contribution in [1.82, 2.24) is 9.66 Å². The molecular weight excluding hydrogens is 651 g/mol. The minimum atomic E-state index is -0.603. The topological polar surface area (TPSA) is 109 Å². The van der Waals surface area contributed by atoms with E-state index in [0.717, 1.165) is 16.9 Å². The molecule has 0 unspecified atom stereocenters. The molecule has 0 N–H and O–H groups in total. The maximum Gasteiger partial charge on any atom is 0.313 e. The quantitative estimate of drug-likeness (QED) is 0.0827. The van der Waals surface area contributed by atoms with Crippen LogP contribution < -0.4 is 15.0 Å². The summed E-state index contributed by atoms with van der Waals surface area (Å²) >= 11 is 18.6. The van der Waals surface area contributed by atoms with E-state index in [0.29, 0.717) is 38.7 Å². The number of nitro groups is 1. The summed E-state index contributed by atoms with van der Waals surface area (Å²) < 4.78 is 13.0. The first-order chi connectivity index (χ1) is 22.0. The Kier molecular flexibility index (Phi) is 9.96. The van der Waals surface area contributed by atoms with Gasteiger partial charge in [-0.15, -0.1) is 0 Å². The molecule has 9 nitrogen and oxygen atoms in total. The van der Waals surface area contributed by atoms with Crippen molar-refractivity contribution in [2.45, 2.75) is 40.2 Å². The summed E-state index contributed by atoms with van der Waals surface area (Å²) in [4.78, 5) is 30.3. The third-order valence-electron chi connectivity index (χ3n) is 7.23. The number of halogens is 3. The Morgan fingerprint density at radius 1 is 1.02 bits per heavy atom. The summed E-state index contributed by atoms with van der Waals surface area (Å²) in [6.07, 6.45) is 1.30. The molecule has 0 saturated carbocycles. The van der Waals surface area contributed by atoms with Crippen LogP contribution in [0, 0.1) is 17.0 Å². The van der Waals surface area contributed by atoms with Crippen molar-refractivity contribution in [3.05, 3.63) is 125 Å². The van der Waals surface area contributed by atoms with Crippen LogP contribution >= 0.6 is 34.8 Å². The number of aromatic nitrogens is 2. The minimum Gasteiger partial charge on any atom is -0.494 e. The Morgan fingerprint density at radius 3 is 2.48 bits per heavy atom. The van der Waals surface area contributed by atoms with Crippen molar-refractivity contribution in [2.75, 3.05) is 6.61 Å². The maximum atomic E-state index is 13.9. The molecule has 0 spiro atoms. The summed E-state index contributed by atoms with van der Waals surface area (Å²) in [5.74, 6) is 1.05. The van der Waals surface area contributed by atoms with E-state index in [1.165, 1.54) is 23.0 Å². The van der Waals surface area contributed by atoms with Crippen LogP contribution in [-0.4, -0.2) is 27.4 Å². The van der Waals surface area contributed by atoms with Crippen LogP contribution in [0.2, 0.25) is 15.1 Å². The fraction of sp³-hybridized carbons (Fsp3) is 0.206. The highest BCUT2D eigenvalue weighted by atomic mass is 35.5. The molecule has 5 aromatic rings. The highest BCUT2D eigenvalue weighted by molar-refractivity contribution is 6.35. The zero-order valence-electron chi connectivity index (χ0n) is 25.4. The highest BCUT2D eigenvalue weighted by Crippen LogP contribution is 2.36. The molecular formula is C34H29Cl3N4O5. The molecule has 0 amide bonds. The fourth-order valence-corrected chi connectivity index (χ4v) is 5.66. The Hall–Kier alpha value is -4.44. The number of nitro benzene ring substituents is 1. The lowest BCUT2D eigenvalue weighted by molar-refractivity contribution is -0.385. The second-order valence-corrected chi connectivity index (χ2v) is 12.0. The molecule has 5 rings (SSSR count). The van der Waals surface area contributed by atoms with Gasteiger partial charge in [-0.25, -0.2) is 4.98 Å². The summed E-state index contributed by atoms with van der Waals surface area (Å²) in [6.45, 7) is 8.34. The summed E-state index contributed by atoms with van der Waals surface area (Å²) in [7, 11) is 0. The summed E-state index contributed by atoms with van der Waals surface area (Å²) in [5.41, 5.74) is 2.86. The predicted octanol–water partition coefficient (Wildman–Crippen LogP) is 9.22. The van der Waals surface area contributed by atoms with Gasteiger partial charge in [0.15, 0.2) is 5.82 Å². The van der Waals surface area contributed by atoms with Crippen LogP contribution in [0.25, 0.3) is 22.3 Å². The van der Waals surface area contributed by atoms with Crippen molar-refractivity contribution >= 4 is 57.6 Å². The van der Waals surface area contributed by atoms with Gasteiger partial charge in [0.05, 0.1) is 28.6 Å². The molecule has 0 fully saturated rings. The molecule has 4 aromatic carbocycles. The van der Waals surface area contributed by atoms with Gasteiger partial charge in [-0.1, -0.05) is 66.8 Å². The molecule has 0 atom stereocenters. The van der Waals surface area contributed by atoms with Gasteiger partial charge in [0.25, 0.3) is 5.56 Å². The SMILES string of the molecule is CCOc1cc(C)c(-c2nc3ccccc3c(=O)n2N=Cc2cc(Cl)cc([N+](=O)[O-])c2OCc2ccc(Cl)cc2Cl)cc1C(C)C. The lowest BCUT2D eigenvalue weighted by atomic mass is 9.96. The van der Waals surface area contributed by atoms with E-state index in [-0.39, 0.29) is 40.4 Å². The van der Waals surface area contributed by atoms with Gasteiger partial charge in [-0.3, -0.25) is 14.9 Å². The Bertz CT molecular complexity index is 2060. The monoisotopic (exact) mass is 678 g/mol. The molecule has 46 heavy (non-hydrogen) atoms. The van der Waals surface area contributed by atoms with E-state index >= 15 is 0 Å². The fourth-order valence-electron chi connectivity index (χ4n) is 4.97. The van der Waals surface area contributed by atoms with E-state index < -0.39 is 10.5 Å². The van der Waals surface area contributed by atoms with Crippen LogP contribution in [0.3, 0.4) is 0 Å². The normalized spacial score (nSPS) is 11.5. The van der Waals surface area contributed by atoms with Gasteiger partial charge in [-0.2, -0.15) is 9.78 Å². The van der Waals surface area contributed by atoms with E-state index in [1.807, 2.05) is 26.0 Å². The number of hydrogen-bond acceptors (Lipinski definition) is 7. The number of nitrogens with zero attached hydrogens (tertiary/aromatic N) is 4. The smallest absolute Gasteiger partial charge is 0.313 e. The van der Waals surface area contributed by atoms with E-state index in [2.05, 4.69) is 18.9 Å². The van der Waals surface area contributed by atoms with Crippen LogP contribution in [0.5, 0.6) is 11.5 Å². The Balaban J connectivity index is 1.69. The summed E-state index contributed by atoms with van der Waals surface area (Å²) in [6, 6.07) is 18.4.